The molecule has 0 aliphatic carbocycles. The van der Waals surface area contributed by atoms with Crippen molar-refractivity contribution in [2.75, 3.05) is 6.79 Å². The molecule has 0 fully saturated rings. The molecule has 3 aromatic rings. The number of allylic oxidation sites excluding steroid dienone is 1. The molecule has 0 amide bonds. The van der Waals surface area contributed by atoms with Crippen molar-refractivity contribution >= 4 is 28.9 Å². The lowest BCUT2D eigenvalue weighted by atomic mass is 10.1. The lowest BCUT2D eigenvalue weighted by Gasteiger charge is -2.00. The van der Waals surface area contributed by atoms with Crippen molar-refractivity contribution in [1.82, 2.24) is 0 Å². The molecule has 2 heterocycles. The predicted octanol–water partition coefficient (Wildman–Crippen LogP) is 4.87. The van der Waals surface area contributed by atoms with Gasteiger partial charge in [0.25, 0.3) is 5.69 Å². The van der Waals surface area contributed by atoms with E-state index in [-0.39, 0.29) is 18.3 Å². The van der Waals surface area contributed by atoms with Gasteiger partial charge in [0, 0.05) is 11.3 Å². The maximum absolute atomic E-state index is 12.5. The van der Waals surface area contributed by atoms with Crippen molar-refractivity contribution in [3.63, 3.8) is 0 Å². The number of fused-ring (bicyclic) bond motifs is 1. The summed E-state index contributed by atoms with van der Waals surface area (Å²) in [6.45, 7) is 0.0258. The number of benzene rings is 2. The Labute approximate surface area is 164 Å². The number of nitro groups is 1. The summed E-state index contributed by atoms with van der Waals surface area (Å²) in [5.74, 6) is 0.564. The van der Waals surface area contributed by atoms with E-state index in [2.05, 4.69) is 0 Å². The van der Waals surface area contributed by atoms with E-state index in [4.69, 9.17) is 9.47 Å². The molecule has 0 unspecified atom stereocenters. The summed E-state index contributed by atoms with van der Waals surface area (Å²) in [4.78, 5) is 25.0. The maximum Gasteiger partial charge on any atom is 0.280 e. The van der Waals surface area contributed by atoms with E-state index in [1.54, 1.807) is 6.07 Å². The van der Waals surface area contributed by atoms with Crippen molar-refractivity contribution in [2.24, 2.45) is 0 Å². The molecule has 0 radical (unpaired) electrons. The minimum absolute atomic E-state index is 0.0258. The van der Waals surface area contributed by atoms with Crippen molar-refractivity contribution in [2.45, 2.75) is 6.42 Å². The summed E-state index contributed by atoms with van der Waals surface area (Å²) < 4.78 is 10.4. The first-order valence-corrected chi connectivity index (χ1v) is 9.35. The highest BCUT2D eigenvalue weighted by Gasteiger charge is 2.22. The fourth-order valence-electron chi connectivity index (χ4n) is 2.89. The lowest BCUT2D eigenvalue weighted by molar-refractivity contribution is -0.385. The van der Waals surface area contributed by atoms with Crippen LogP contribution in [0.3, 0.4) is 0 Å². The first kappa shape index (κ1) is 17.9. The van der Waals surface area contributed by atoms with Gasteiger partial charge in [-0.2, -0.15) is 0 Å². The third-order valence-corrected chi connectivity index (χ3v) is 5.36. The number of ether oxygens (including phenoxy) is 2. The van der Waals surface area contributed by atoms with Gasteiger partial charge in [-0.25, -0.2) is 0 Å². The largest absolute Gasteiger partial charge is 0.454 e. The average Bonchev–Trinajstić information content (AvgIpc) is 3.35. The molecule has 0 N–H and O–H groups in total. The predicted molar refractivity (Wildman–Crippen MR) is 106 cm³/mol. The topological polar surface area (TPSA) is 78.7 Å². The summed E-state index contributed by atoms with van der Waals surface area (Å²) in [5, 5.41) is 11.3. The highest BCUT2D eigenvalue weighted by Crippen LogP contribution is 2.38. The smallest absolute Gasteiger partial charge is 0.280 e. The second kappa shape index (κ2) is 7.66. The Kier molecular flexibility index (Phi) is 4.90. The Morgan fingerprint density at radius 3 is 2.61 bits per heavy atom. The van der Waals surface area contributed by atoms with E-state index >= 15 is 0 Å². The van der Waals surface area contributed by atoms with Crippen LogP contribution < -0.4 is 9.47 Å². The molecular weight excluding hydrogens is 378 g/mol. The molecule has 28 heavy (non-hydrogen) atoms. The zero-order valence-electron chi connectivity index (χ0n) is 14.7. The lowest BCUT2D eigenvalue weighted by Crippen LogP contribution is -1.93. The standard InChI is InChI=1S/C21H15NO5S/c23-18(21-9-7-16(28-21)10-14-4-2-1-3-5-14)8-6-15-11-19-20(27-13-26-19)12-17(15)22(24)25/h1-9,11-12H,10,13H2/b8-6+. The molecule has 4 rings (SSSR count). The highest BCUT2D eigenvalue weighted by molar-refractivity contribution is 7.14. The molecule has 0 bridgehead atoms. The summed E-state index contributed by atoms with van der Waals surface area (Å²) >= 11 is 1.42. The number of nitrogens with zero attached hydrogens (tertiary/aromatic N) is 1. The summed E-state index contributed by atoms with van der Waals surface area (Å²) in [7, 11) is 0. The van der Waals surface area contributed by atoms with Gasteiger partial charge in [-0.15, -0.1) is 11.3 Å². The molecule has 1 aliphatic rings. The summed E-state index contributed by atoms with van der Waals surface area (Å²) in [6.07, 6.45) is 3.55. The number of hydrogen-bond donors (Lipinski definition) is 0. The highest BCUT2D eigenvalue weighted by atomic mass is 32.1. The van der Waals surface area contributed by atoms with Crippen LogP contribution in [0.25, 0.3) is 6.08 Å². The van der Waals surface area contributed by atoms with Gasteiger partial charge in [0.05, 0.1) is 21.4 Å². The number of carbonyl (C=O) groups is 1. The molecule has 0 spiro atoms. The molecular formula is C21H15NO5S. The fraction of sp³-hybridized carbons (Fsp3) is 0.0952. The molecule has 2 aromatic carbocycles. The van der Waals surface area contributed by atoms with Crippen LogP contribution in [0.1, 0.15) is 25.7 Å². The molecule has 0 saturated heterocycles. The van der Waals surface area contributed by atoms with E-state index in [0.717, 1.165) is 11.3 Å². The van der Waals surface area contributed by atoms with Gasteiger partial charge in [-0.1, -0.05) is 30.3 Å². The number of thiophene rings is 1. The van der Waals surface area contributed by atoms with Gasteiger partial charge in [-0.3, -0.25) is 14.9 Å². The van der Waals surface area contributed by atoms with Crippen LogP contribution in [-0.2, 0) is 6.42 Å². The Bertz CT molecular complexity index is 1070. The molecule has 6 nitrogen and oxygen atoms in total. The Morgan fingerprint density at radius 1 is 1.11 bits per heavy atom. The monoisotopic (exact) mass is 393 g/mol. The third kappa shape index (κ3) is 3.79. The van der Waals surface area contributed by atoms with Crippen LogP contribution in [-0.4, -0.2) is 17.5 Å². The van der Waals surface area contributed by atoms with Crippen molar-refractivity contribution in [1.29, 1.82) is 0 Å². The van der Waals surface area contributed by atoms with E-state index in [9.17, 15) is 14.9 Å². The number of carbonyl (C=O) groups excluding carboxylic acids is 1. The summed E-state index contributed by atoms with van der Waals surface area (Å²) in [5.41, 5.74) is 1.34. The van der Waals surface area contributed by atoms with Crippen LogP contribution in [0.15, 0.2) is 60.7 Å². The van der Waals surface area contributed by atoms with Gasteiger partial charge in [-0.05, 0) is 35.9 Å². The normalized spacial score (nSPS) is 12.4. The fourth-order valence-corrected chi connectivity index (χ4v) is 3.85. The minimum atomic E-state index is -0.505. The molecule has 0 saturated carbocycles. The second-order valence-electron chi connectivity index (χ2n) is 6.15. The molecule has 1 aliphatic heterocycles. The van der Waals surface area contributed by atoms with Gasteiger partial charge < -0.3 is 9.47 Å². The van der Waals surface area contributed by atoms with Gasteiger partial charge in [0.1, 0.15) is 0 Å². The van der Waals surface area contributed by atoms with Crippen LogP contribution in [0, 0.1) is 10.1 Å². The third-order valence-electron chi connectivity index (χ3n) is 4.26. The van der Waals surface area contributed by atoms with E-state index < -0.39 is 4.92 Å². The maximum atomic E-state index is 12.5. The quantitative estimate of drug-likeness (QED) is 0.258. The number of nitro benzene ring substituents is 1. The SMILES string of the molecule is O=C(/C=C/c1cc2c(cc1[N+](=O)[O-])OCO2)c1ccc(Cc2ccccc2)s1. The first-order chi connectivity index (χ1) is 13.6. The van der Waals surface area contributed by atoms with Crippen molar-refractivity contribution < 1.29 is 19.2 Å². The van der Waals surface area contributed by atoms with E-state index in [1.807, 2.05) is 36.4 Å². The minimum Gasteiger partial charge on any atom is -0.454 e. The Hall–Kier alpha value is -3.45. The second-order valence-corrected chi connectivity index (χ2v) is 7.32. The Balaban J connectivity index is 1.53. The van der Waals surface area contributed by atoms with Crippen LogP contribution in [0.5, 0.6) is 11.5 Å². The zero-order valence-corrected chi connectivity index (χ0v) is 15.5. The molecule has 140 valence electrons. The van der Waals surface area contributed by atoms with Gasteiger partial charge >= 0.3 is 0 Å². The van der Waals surface area contributed by atoms with Crippen molar-refractivity contribution in [3.05, 3.63) is 91.7 Å². The number of rotatable bonds is 6. The molecule has 1 aromatic heterocycles. The number of ketones is 1. The zero-order chi connectivity index (χ0) is 19.5. The average molecular weight is 393 g/mol. The first-order valence-electron chi connectivity index (χ1n) is 8.53. The van der Waals surface area contributed by atoms with Gasteiger partial charge in [0.2, 0.25) is 6.79 Å². The van der Waals surface area contributed by atoms with Crippen LogP contribution >= 0.6 is 11.3 Å². The Morgan fingerprint density at radius 2 is 1.86 bits per heavy atom. The van der Waals surface area contributed by atoms with E-state index in [1.165, 1.54) is 41.2 Å². The molecule has 7 heteroatoms. The van der Waals surface area contributed by atoms with E-state index in [0.29, 0.717) is 21.9 Å². The van der Waals surface area contributed by atoms with Crippen LogP contribution in [0.2, 0.25) is 0 Å². The van der Waals surface area contributed by atoms with Crippen LogP contribution in [0.4, 0.5) is 5.69 Å². The number of hydrogen-bond acceptors (Lipinski definition) is 6. The van der Waals surface area contributed by atoms with Crippen molar-refractivity contribution in [3.8, 4) is 11.5 Å². The van der Waals surface area contributed by atoms with Gasteiger partial charge in [0.15, 0.2) is 17.3 Å². The summed E-state index contributed by atoms with van der Waals surface area (Å²) in [6, 6.07) is 16.6. The molecule has 0 atom stereocenters.